The van der Waals surface area contributed by atoms with Crippen molar-refractivity contribution in [2.45, 2.75) is 13.3 Å². The average molecular weight is 250 g/mol. The third-order valence-corrected chi connectivity index (χ3v) is 3.18. The van der Waals surface area contributed by atoms with Crippen LogP contribution in [0.25, 0.3) is 0 Å². The summed E-state index contributed by atoms with van der Waals surface area (Å²) in [6.07, 6.45) is 0.509. The number of hydrogen-bond donors (Lipinski definition) is 1. The van der Waals surface area contributed by atoms with Crippen LogP contribution in [0.1, 0.15) is 12.0 Å². The lowest BCUT2D eigenvalue weighted by atomic mass is 10.1. The number of nitrogens with zero attached hydrogens (tertiary/aromatic N) is 1. The Morgan fingerprint density at radius 3 is 2.78 bits per heavy atom. The lowest BCUT2D eigenvalue weighted by molar-refractivity contribution is -0.134. The van der Waals surface area contributed by atoms with Gasteiger partial charge in [-0.2, -0.15) is 0 Å². The lowest BCUT2D eigenvalue weighted by Gasteiger charge is -2.11. The molecule has 4 nitrogen and oxygen atoms in total. The molecule has 5 heteroatoms. The van der Waals surface area contributed by atoms with E-state index in [4.69, 9.17) is 0 Å². The first-order chi connectivity index (χ1) is 8.49. The molecule has 1 unspecified atom stereocenters. The number of amides is 2. The predicted octanol–water partition coefficient (Wildman–Crippen LogP) is 1.55. The average Bonchev–Trinajstić information content (AvgIpc) is 2.65. The highest BCUT2D eigenvalue weighted by Crippen LogP contribution is 2.20. The summed E-state index contributed by atoms with van der Waals surface area (Å²) in [5, 5.41) is 2.58. The predicted molar refractivity (Wildman–Crippen MR) is 65.5 cm³/mol. The molecule has 1 aliphatic heterocycles. The Morgan fingerprint density at radius 2 is 2.22 bits per heavy atom. The Morgan fingerprint density at radius 1 is 1.50 bits per heavy atom. The number of halogens is 1. The van der Waals surface area contributed by atoms with Crippen LogP contribution in [0.2, 0.25) is 0 Å². The van der Waals surface area contributed by atoms with Gasteiger partial charge in [-0.25, -0.2) is 4.39 Å². The lowest BCUT2D eigenvalue weighted by Crippen LogP contribution is -2.30. The minimum absolute atomic E-state index is 0.180. The van der Waals surface area contributed by atoms with Crippen LogP contribution in [-0.4, -0.2) is 30.3 Å². The van der Waals surface area contributed by atoms with Gasteiger partial charge in [-0.3, -0.25) is 9.59 Å². The summed E-state index contributed by atoms with van der Waals surface area (Å²) >= 11 is 0. The van der Waals surface area contributed by atoms with E-state index in [1.807, 2.05) is 0 Å². The molecule has 2 rings (SSSR count). The molecule has 1 atom stereocenters. The number of hydrogen-bond acceptors (Lipinski definition) is 2. The van der Waals surface area contributed by atoms with Crippen molar-refractivity contribution in [3.8, 4) is 0 Å². The molecule has 1 aliphatic rings. The third kappa shape index (κ3) is 2.34. The highest BCUT2D eigenvalue weighted by Gasteiger charge is 2.34. The summed E-state index contributed by atoms with van der Waals surface area (Å²) in [4.78, 5) is 25.1. The molecule has 1 heterocycles. The summed E-state index contributed by atoms with van der Waals surface area (Å²) in [6.45, 7) is 2.23. The van der Waals surface area contributed by atoms with Gasteiger partial charge in [-0.05, 0) is 31.0 Å². The number of anilines is 1. The number of nitrogens with one attached hydrogen (secondary N) is 1. The van der Waals surface area contributed by atoms with E-state index < -0.39 is 5.92 Å². The molecule has 0 spiro atoms. The van der Waals surface area contributed by atoms with E-state index in [2.05, 4.69) is 5.32 Å². The fraction of sp³-hybridized carbons (Fsp3) is 0.385. The molecule has 0 aliphatic carbocycles. The summed E-state index contributed by atoms with van der Waals surface area (Å²) < 4.78 is 13.3. The molecule has 2 amide bonds. The van der Waals surface area contributed by atoms with Crippen molar-refractivity contribution in [1.29, 1.82) is 0 Å². The van der Waals surface area contributed by atoms with Crippen molar-refractivity contribution in [3.63, 3.8) is 0 Å². The van der Waals surface area contributed by atoms with Crippen molar-refractivity contribution < 1.29 is 14.0 Å². The van der Waals surface area contributed by atoms with Crippen molar-refractivity contribution in [3.05, 3.63) is 29.6 Å². The number of carbonyl (C=O) groups excluding carboxylic acids is 2. The Balaban J connectivity index is 2.07. The quantitative estimate of drug-likeness (QED) is 0.810. The molecule has 96 valence electrons. The first-order valence-corrected chi connectivity index (χ1v) is 5.81. The normalized spacial score (nSPS) is 19.2. The number of rotatable bonds is 2. The van der Waals surface area contributed by atoms with Gasteiger partial charge in [0.15, 0.2) is 0 Å². The van der Waals surface area contributed by atoms with Crippen LogP contribution in [0.4, 0.5) is 10.1 Å². The molecule has 0 aromatic heterocycles. The van der Waals surface area contributed by atoms with Gasteiger partial charge in [-0.15, -0.1) is 0 Å². The van der Waals surface area contributed by atoms with Gasteiger partial charge in [0.2, 0.25) is 11.8 Å². The smallest absolute Gasteiger partial charge is 0.237 e. The van der Waals surface area contributed by atoms with Crippen LogP contribution in [0, 0.1) is 18.7 Å². The van der Waals surface area contributed by atoms with Gasteiger partial charge in [0.1, 0.15) is 11.7 Å². The first-order valence-electron chi connectivity index (χ1n) is 5.81. The molecule has 0 bridgehead atoms. The second-order valence-electron chi connectivity index (χ2n) is 4.55. The van der Waals surface area contributed by atoms with Crippen LogP contribution >= 0.6 is 0 Å². The van der Waals surface area contributed by atoms with Gasteiger partial charge in [0, 0.05) is 19.3 Å². The Kier molecular flexibility index (Phi) is 3.32. The second-order valence-corrected chi connectivity index (χ2v) is 4.55. The monoisotopic (exact) mass is 250 g/mol. The highest BCUT2D eigenvalue weighted by atomic mass is 19.1. The molecule has 18 heavy (non-hydrogen) atoms. The van der Waals surface area contributed by atoms with Crippen LogP contribution < -0.4 is 5.32 Å². The van der Waals surface area contributed by atoms with Gasteiger partial charge < -0.3 is 10.2 Å². The SMILES string of the molecule is Cc1ccc(NC(=O)C2CCN(C)C2=O)cc1F. The Labute approximate surface area is 105 Å². The van der Waals surface area contributed by atoms with Crippen molar-refractivity contribution in [2.24, 2.45) is 5.92 Å². The maximum atomic E-state index is 13.3. The van der Waals surface area contributed by atoms with Gasteiger partial charge in [0.05, 0.1) is 0 Å². The maximum Gasteiger partial charge on any atom is 0.237 e. The summed E-state index contributed by atoms with van der Waals surface area (Å²) in [5.41, 5.74) is 0.898. The minimum Gasteiger partial charge on any atom is -0.345 e. The van der Waals surface area contributed by atoms with Gasteiger partial charge in [0.25, 0.3) is 0 Å². The van der Waals surface area contributed by atoms with Gasteiger partial charge in [-0.1, -0.05) is 6.07 Å². The molecule has 1 aromatic rings. The minimum atomic E-state index is -0.653. The largest absolute Gasteiger partial charge is 0.345 e. The molecule has 0 radical (unpaired) electrons. The zero-order chi connectivity index (χ0) is 13.3. The van der Waals surface area contributed by atoms with Crippen LogP contribution in [0.3, 0.4) is 0 Å². The van der Waals surface area contributed by atoms with Crippen molar-refractivity contribution in [2.75, 3.05) is 18.9 Å². The third-order valence-electron chi connectivity index (χ3n) is 3.18. The Hall–Kier alpha value is -1.91. The zero-order valence-corrected chi connectivity index (χ0v) is 10.4. The van der Waals surface area contributed by atoms with Crippen LogP contribution in [-0.2, 0) is 9.59 Å². The molecule has 1 N–H and O–H groups in total. The van der Waals surface area contributed by atoms with E-state index in [1.54, 1.807) is 26.1 Å². The number of benzene rings is 1. The van der Waals surface area contributed by atoms with E-state index in [-0.39, 0.29) is 17.6 Å². The van der Waals surface area contributed by atoms with E-state index in [0.717, 1.165) is 0 Å². The molecule has 1 aromatic carbocycles. The van der Waals surface area contributed by atoms with E-state index in [0.29, 0.717) is 24.2 Å². The first kappa shape index (κ1) is 12.5. The molecule has 1 saturated heterocycles. The standard InChI is InChI=1S/C13H15FN2O2/c1-8-3-4-9(7-11(8)14)15-12(17)10-5-6-16(2)13(10)18/h3-4,7,10H,5-6H2,1-2H3,(H,15,17). The fourth-order valence-electron chi connectivity index (χ4n) is 1.97. The van der Waals surface area contributed by atoms with Crippen LogP contribution in [0.5, 0.6) is 0 Å². The van der Waals surface area contributed by atoms with Crippen LogP contribution in [0.15, 0.2) is 18.2 Å². The zero-order valence-electron chi connectivity index (χ0n) is 10.4. The summed E-state index contributed by atoms with van der Waals surface area (Å²) in [7, 11) is 1.67. The molecule has 1 fully saturated rings. The van der Waals surface area contributed by atoms with E-state index in [9.17, 15) is 14.0 Å². The number of likely N-dealkylation sites (tertiary alicyclic amines) is 1. The molecule has 0 saturated carbocycles. The molecular formula is C13H15FN2O2. The Bertz CT molecular complexity index is 502. The summed E-state index contributed by atoms with van der Waals surface area (Å²) in [6, 6.07) is 4.48. The van der Waals surface area contributed by atoms with E-state index >= 15 is 0 Å². The fourth-order valence-corrected chi connectivity index (χ4v) is 1.97. The maximum absolute atomic E-state index is 13.3. The molecular weight excluding hydrogens is 235 g/mol. The number of aryl methyl sites for hydroxylation is 1. The number of carbonyl (C=O) groups is 2. The van der Waals surface area contributed by atoms with Crippen molar-refractivity contribution >= 4 is 17.5 Å². The summed E-state index contributed by atoms with van der Waals surface area (Å²) in [5.74, 6) is -1.57. The van der Waals surface area contributed by atoms with E-state index in [1.165, 1.54) is 11.0 Å². The van der Waals surface area contributed by atoms with Gasteiger partial charge >= 0.3 is 0 Å². The highest BCUT2D eigenvalue weighted by molar-refractivity contribution is 6.07. The topological polar surface area (TPSA) is 49.4 Å². The second kappa shape index (κ2) is 4.76. The van der Waals surface area contributed by atoms with Crippen molar-refractivity contribution in [1.82, 2.24) is 4.90 Å².